The molecule has 2 aliphatic heterocycles. The minimum absolute atomic E-state index is 0.423. The Kier molecular flexibility index (Phi) is 9.48. The Labute approximate surface area is 266 Å². The summed E-state index contributed by atoms with van der Waals surface area (Å²) in [6, 6.07) is 4.79. The summed E-state index contributed by atoms with van der Waals surface area (Å²) in [5.74, 6) is 0.858. The van der Waals surface area contributed by atoms with Crippen molar-refractivity contribution in [2.24, 2.45) is 0 Å². The van der Waals surface area contributed by atoms with Crippen LogP contribution < -0.4 is 9.47 Å². The molecule has 5 N–H and O–H groups in total. The number of hydrogen-bond acceptors (Lipinski definition) is 16. The van der Waals surface area contributed by atoms with E-state index in [0.29, 0.717) is 34.3 Å². The molecule has 0 amide bonds. The maximum atomic E-state index is 11.5. The van der Waals surface area contributed by atoms with E-state index in [1.807, 2.05) is 0 Å². The summed E-state index contributed by atoms with van der Waals surface area (Å²) >= 11 is 0.947. The number of aliphatic hydroxyl groups is 5. The van der Waals surface area contributed by atoms with Crippen LogP contribution in [0.5, 0.6) is 11.8 Å². The van der Waals surface area contributed by atoms with E-state index in [4.69, 9.17) is 18.9 Å². The van der Waals surface area contributed by atoms with Gasteiger partial charge in [0.25, 0.3) is 0 Å². The molecule has 0 aliphatic carbocycles. The second-order valence-electron chi connectivity index (χ2n) is 10.9. The van der Waals surface area contributed by atoms with Crippen molar-refractivity contribution in [2.75, 3.05) is 20.8 Å². The Morgan fingerprint density at radius 3 is 1.70 bits per heavy atom. The molecular formula is C28H34N8O9S. The second-order valence-corrected chi connectivity index (χ2v) is 12.1. The highest BCUT2D eigenvalue weighted by atomic mass is 32.2. The number of rotatable bonds is 9. The molecule has 0 spiro atoms. The third kappa shape index (κ3) is 6.17. The standard InChI is InChI=1S/C28H34N8O9S/c1-13-23(38)21(35-10-16(31-33-35)14-4-6-19(42-2)29-8-14)25(40)27(44-13)46-28-26(41)22(24(39)18(12-37)45-28)36-11-17(32-34-36)15-5-7-20(43-3)30-9-15/h4-11,13,18,21-28,37-41H,12H2,1-3H3/t13?,18?,21?,22?,23?,24-,25+,26?,27-,28-/m0/s1. The summed E-state index contributed by atoms with van der Waals surface area (Å²) in [6.07, 6.45) is -0.840. The average Bonchev–Trinajstić information content (AvgIpc) is 3.76. The molecule has 6 rings (SSSR count). The summed E-state index contributed by atoms with van der Waals surface area (Å²) in [7, 11) is 3.02. The molecule has 46 heavy (non-hydrogen) atoms. The van der Waals surface area contributed by atoms with Gasteiger partial charge in [0, 0.05) is 35.7 Å². The van der Waals surface area contributed by atoms with E-state index in [-0.39, 0.29) is 0 Å². The SMILES string of the molecule is COc1ccc(-c2cn(C3C(O)[C@H](S[C@@H]4OC(C)C(O)C(n5cc(-c6ccc(OC)nc6)nn5)[C@H]4O)OC(CO)[C@@H]3O)nn2)cn1. The number of methoxy groups -OCH3 is 2. The summed E-state index contributed by atoms with van der Waals surface area (Å²) in [6.45, 7) is 1.09. The molecule has 6 heterocycles. The lowest BCUT2D eigenvalue weighted by Crippen LogP contribution is -2.57. The van der Waals surface area contributed by atoms with Crippen molar-refractivity contribution in [3.8, 4) is 34.3 Å². The molecular weight excluding hydrogens is 624 g/mol. The predicted molar refractivity (Wildman–Crippen MR) is 159 cm³/mol. The van der Waals surface area contributed by atoms with Crippen molar-refractivity contribution in [3.63, 3.8) is 0 Å². The van der Waals surface area contributed by atoms with Crippen molar-refractivity contribution in [2.45, 2.75) is 66.5 Å². The maximum absolute atomic E-state index is 11.5. The topological polar surface area (TPSA) is 225 Å². The fourth-order valence-corrected chi connectivity index (χ4v) is 6.83. The van der Waals surface area contributed by atoms with E-state index in [2.05, 4.69) is 30.6 Å². The van der Waals surface area contributed by atoms with Gasteiger partial charge in [-0.15, -0.1) is 10.2 Å². The lowest BCUT2D eigenvalue weighted by molar-refractivity contribution is -0.183. The van der Waals surface area contributed by atoms with E-state index in [1.54, 1.807) is 56.0 Å². The van der Waals surface area contributed by atoms with Gasteiger partial charge in [-0.25, -0.2) is 19.3 Å². The van der Waals surface area contributed by atoms with Crippen LogP contribution in [0.4, 0.5) is 0 Å². The highest BCUT2D eigenvalue weighted by molar-refractivity contribution is 8.00. The molecule has 6 unspecified atom stereocenters. The molecule has 246 valence electrons. The predicted octanol–water partition coefficient (Wildman–Crippen LogP) is -0.568. The third-order valence-corrected chi connectivity index (χ3v) is 9.36. The van der Waals surface area contributed by atoms with Gasteiger partial charge in [-0.05, 0) is 19.1 Å². The Balaban J connectivity index is 1.21. The number of thioether (sulfide) groups is 1. The summed E-state index contributed by atoms with van der Waals surface area (Å²) in [5, 5.41) is 71.7. The van der Waals surface area contributed by atoms with E-state index < -0.39 is 66.2 Å². The van der Waals surface area contributed by atoms with Crippen molar-refractivity contribution < 1.29 is 44.5 Å². The van der Waals surface area contributed by atoms with Crippen LogP contribution in [0.15, 0.2) is 49.1 Å². The van der Waals surface area contributed by atoms with E-state index in [9.17, 15) is 25.5 Å². The van der Waals surface area contributed by atoms with Crippen LogP contribution in [0, 0.1) is 0 Å². The van der Waals surface area contributed by atoms with E-state index in [1.165, 1.54) is 23.6 Å². The highest BCUT2D eigenvalue weighted by Crippen LogP contribution is 2.42. The molecule has 0 bridgehead atoms. The summed E-state index contributed by atoms with van der Waals surface area (Å²) in [4.78, 5) is 8.35. The normalized spacial score (nSPS) is 31.5. The Bertz CT molecular complexity index is 1590. The Morgan fingerprint density at radius 1 is 0.739 bits per heavy atom. The molecule has 10 atom stereocenters. The van der Waals surface area contributed by atoms with Crippen molar-refractivity contribution in [1.29, 1.82) is 0 Å². The molecule has 17 nitrogen and oxygen atoms in total. The van der Waals surface area contributed by atoms with Crippen molar-refractivity contribution in [3.05, 3.63) is 49.1 Å². The molecule has 4 aromatic rings. The quantitative estimate of drug-likeness (QED) is 0.152. The molecule has 0 saturated carbocycles. The molecule has 18 heteroatoms. The molecule has 2 aliphatic rings. The van der Waals surface area contributed by atoms with Crippen LogP contribution >= 0.6 is 11.8 Å². The monoisotopic (exact) mass is 658 g/mol. The van der Waals surface area contributed by atoms with Gasteiger partial charge in [-0.2, -0.15) is 0 Å². The van der Waals surface area contributed by atoms with Crippen molar-refractivity contribution >= 4 is 11.8 Å². The minimum atomic E-state index is -1.39. The van der Waals surface area contributed by atoms with Gasteiger partial charge in [0.2, 0.25) is 11.8 Å². The Morgan fingerprint density at radius 2 is 1.24 bits per heavy atom. The largest absolute Gasteiger partial charge is 0.481 e. The lowest BCUT2D eigenvalue weighted by Gasteiger charge is -2.45. The molecule has 0 aromatic carbocycles. The second kappa shape index (κ2) is 13.5. The Hall–Kier alpha value is -3.75. The van der Waals surface area contributed by atoms with Gasteiger partial charge in [-0.3, -0.25) is 0 Å². The van der Waals surface area contributed by atoms with Crippen LogP contribution in [0.25, 0.3) is 22.5 Å². The minimum Gasteiger partial charge on any atom is -0.481 e. The first-order valence-corrected chi connectivity index (χ1v) is 15.3. The first-order chi connectivity index (χ1) is 22.2. The van der Waals surface area contributed by atoms with Gasteiger partial charge in [0.05, 0.1) is 39.3 Å². The van der Waals surface area contributed by atoms with E-state index in [0.717, 1.165) is 11.8 Å². The maximum Gasteiger partial charge on any atom is 0.212 e. The van der Waals surface area contributed by atoms with Gasteiger partial charge in [0.15, 0.2) is 0 Å². The van der Waals surface area contributed by atoms with E-state index >= 15 is 0 Å². The fourth-order valence-electron chi connectivity index (χ4n) is 5.48. The van der Waals surface area contributed by atoms with Gasteiger partial charge >= 0.3 is 0 Å². The zero-order chi connectivity index (χ0) is 32.5. The van der Waals surface area contributed by atoms with Crippen LogP contribution in [0.1, 0.15) is 19.0 Å². The van der Waals surface area contributed by atoms with Crippen LogP contribution in [0.2, 0.25) is 0 Å². The fraction of sp³-hybridized carbons (Fsp3) is 0.500. The highest BCUT2D eigenvalue weighted by Gasteiger charge is 2.51. The first-order valence-electron chi connectivity index (χ1n) is 14.4. The number of ether oxygens (including phenoxy) is 4. The number of pyridine rings is 2. The van der Waals surface area contributed by atoms with Crippen molar-refractivity contribution in [1.82, 2.24) is 40.0 Å². The number of hydrogen-bond donors (Lipinski definition) is 5. The molecule has 2 fully saturated rings. The molecule has 2 saturated heterocycles. The average molecular weight is 659 g/mol. The zero-order valence-corrected chi connectivity index (χ0v) is 25.8. The summed E-state index contributed by atoms with van der Waals surface area (Å²) in [5.41, 5.74) is 0.0550. The van der Waals surface area contributed by atoms with Gasteiger partial charge < -0.3 is 44.5 Å². The number of aromatic nitrogens is 8. The van der Waals surface area contributed by atoms with Crippen LogP contribution in [-0.4, -0.2) is 134 Å². The third-order valence-electron chi connectivity index (χ3n) is 8.04. The zero-order valence-electron chi connectivity index (χ0n) is 25.0. The number of nitrogens with zero attached hydrogens (tertiary/aromatic N) is 8. The van der Waals surface area contributed by atoms with Gasteiger partial charge in [0.1, 0.15) is 64.9 Å². The number of aliphatic hydroxyl groups excluding tert-OH is 5. The van der Waals surface area contributed by atoms with Crippen LogP contribution in [0.3, 0.4) is 0 Å². The van der Waals surface area contributed by atoms with Crippen LogP contribution in [-0.2, 0) is 9.47 Å². The first kappa shape index (κ1) is 32.2. The molecule has 4 aromatic heterocycles. The smallest absolute Gasteiger partial charge is 0.212 e. The summed E-state index contributed by atoms with van der Waals surface area (Å²) < 4.78 is 24.7. The lowest BCUT2D eigenvalue weighted by atomic mass is 9.97. The molecule has 0 radical (unpaired) electrons. The van der Waals surface area contributed by atoms with Gasteiger partial charge in [-0.1, -0.05) is 22.2 Å².